The Labute approximate surface area is 135 Å². The molecule has 1 saturated heterocycles. The van der Waals surface area contributed by atoms with Gasteiger partial charge in [-0.15, -0.1) is 0 Å². The number of alkyl halides is 2. The van der Waals surface area contributed by atoms with Gasteiger partial charge in [-0.1, -0.05) is 23.2 Å². The predicted molar refractivity (Wildman–Crippen MR) is 80.1 cm³/mol. The van der Waals surface area contributed by atoms with E-state index in [0.29, 0.717) is 42.0 Å². The molecule has 5 nitrogen and oxygen atoms in total. The first-order valence-electron chi connectivity index (χ1n) is 6.59. The summed E-state index contributed by atoms with van der Waals surface area (Å²) in [5.74, 6) is 0.659. The molecule has 22 heavy (non-hydrogen) atoms. The van der Waals surface area contributed by atoms with Gasteiger partial charge >= 0.3 is 0 Å². The second-order valence-corrected chi connectivity index (χ2v) is 5.63. The van der Waals surface area contributed by atoms with Gasteiger partial charge in [-0.25, -0.2) is 13.8 Å². The molecule has 0 aliphatic carbocycles. The molecule has 0 saturated carbocycles. The second kappa shape index (κ2) is 6.26. The molecule has 0 N–H and O–H groups in total. The standard InChI is InChI=1S/C13H12Cl2F2N4O/c14-8-5-9(15)12(18-6-8)20-1-3-21(4-2-20)13-19-10(7-22-13)11(16)17/h5-7,11H,1-4H2. The Morgan fingerprint density at radius 3 is 2.41 bits per heavy atom. The van der Waals surface area contributed by atoms with E-state index in [4.69, 9.17) is 27.6 Å². The monoisotopic (exact) mass is 348 g/mol. The smallest absolute Gasteiger partial charge is 0.297 e. The maximum atomic E-state index is 12.5. The van der Waals surface area contributed by atoms with Gasteiger partial charge < -0.3 is 14.2 Å². The van der Waals surface area contributed by atoms with E-state index in [9.17, 15) is 8.78 Å². The van der Waals surface area contributed by atoms with E-state index in [1.54, 1.807) is 6.07 Å². The Hall–Kier alpha value is -1.60. The van der Waals surface area contributed by atoms with Gasteiger partial charge in [0, 0.05) is 32.4 Å². The van der Waals surface area contributed by atoms with Crippen LogP contribution in [0.2, 0.25) is 10.0 Å². The first-order chi connectivity index (χ1) is 10.5. The van der Waals surface area contributed by atoms with Crippen LogP contribution in [-0.2, 0) is 0 Å². The highest BCUT2D eigenvalue weighted by atomic mass is 35.5. The Morgan fingerprint density at radius 1 is 1.14 bits per heavy atom. The molecule has 0 spiro atoms. The first kappa shape index (κ1) is 15.3. The van der Waals surface area contributed by atoms with Gasteiger partial charge in [0.05, 0.1) is 10.0 Å². The minimum Gasteiger partial charge on any atom is -0.432 e. The summed E-state index contributed by atoms with van der Waals surface area (Å²) in [5, 5.41) is 0.962. The SMILES string of the molecule is FC(F)c1coc(N2CCN(c3ncc(Cl)cc3Cl)CC2)n1. The van der Waals surface area contributed by atoms with E-state index in [-0.39, 0.29) is 11.7 Å². The number of anilines is 2. The lowest BCUT2D eigenvalue weighted by molar-refractivity contribution is 0.146. The summed E-state index contributed by atoms with van der Waals surface area (Å²) in [6.07, 6.45) is -0.0989. The molecular formula is C13H12Cl2F2N4O. The summed E-state index contributed by atoms with van der Waals surface area (Å²) in [6.45, 7) is 2.40. The molecule has 0 aromatic carbocycles. The van der Waals surface area contributed by atoms with Gasteiger partial charge in [0.2, 0.25) is 0 Å². The molecule has 0 bridgehead atoms. The van der Waals surface area contributed by atoms with Crippen LogP contribution in [0.4, 0.5) is 20.6 Å². The first-order valence-corrected chi connectivity index (χ1v) is 7.34. The average molecular weight is 349 g/mol. The third-order valence-corrected chi connectivity index (χ3v) is 3.86. The number of halogens is 4. The van der Waals surface area contributed by atoms with E-state index < -0.39 is 6.43 Å². The summed E-state index contributed by atoms with van der Waals surface area (Å²) in [4.78, 5) is 11.8. The van der Waals surface area contributed by atoms with Crippen molar-refractivity contribution in [2.24, 2.45) is 0 Å². The van der Waals surface area contributed by atoms with Crippen molar-refractivity contribution >= 4 is 35.0 Å². The van der Waals surface area contributed by atoms with Crippen LogP contribution >= 0.6 is 23.2 Å². The summed E-state index contributed by atoms with van der Waals surface area (Å²) in [7, 11) is 0. The molecule has 0 unspecified atom stereocenters. The zero-order valence-corrected chi connectivity index (χ0v) is 12.9. The molecule has 0 amide bonds. The molecular weight excluding hydrogens is 337 g/mol. The van der Waals surface area contributed by atoms with Crippen LogP contribution in [0.3, 0.4) is 0 Å². The van der Waals surface area contributed by atoms with Crippen molar-refractivity contribution in [1.29, 1.82) is 0 Å². The number of aromatic nitrogens is 2. The van der Waals surface area contributed by atoms with Crippen molar-refractivity contribution in [3.05, 3.63) is 34.3 Å². The number of oxazole rings is 1. The van der Waals surface area contributed by atoms with E-state index >= 15 is 0 Å². The van der Waals surface area contributed by atoms with Crippen LogP contribution in [-0.4, -0.2) is 36.1 Å². The summed E-state index contributed by atoms with van der Waals surface area (Å²) in [6, 6.07) is 1.85. The number of pyridine rings is 1. The number of rotatable bonds is 3. The molecule has 0 radical (unpaired) electrons. The molecule has 2 aromatic heterocycles. The van der Waals surface area contributed by atoms with Crippen LogP contribution in [0.1, 0.15) is 12.1 Å². The Balaban J connectivity index is 1.66. The molecule has 2 aromatic rings. The van der Waals surface area contributed by atoms with E-state index in [1.807, 2.05) is 9.80 Å². The van der Waals surface area contributed by atoms with Crippen molar-refractivity contribution < 1.29 is 13.2 Å². The number of hydrogen-bond acceptors (Lipinski definition) is 5. The predicted octanol–water partition coefficient (Wildman–Crippen LogP) is 3.64. The van der Waals surface area contributed by atoms with Gasteiger partial charge in [0.25, 0.3) is 12.4 Å². The van der Waals surface area contributed by atoms with E-state index in [2.05, 4.69) is 9.97 Å². The minimum atomic E-state index is -2.63. The number of hydrogen-bond donors (Lipinski definition) is 0. The molecule has 3 rings (SSSR count). The maximum Gasteiger partial charge on any atom is 0.297 e. The van der Waals surface area contributed by atoms with Gasteiger partial charge in [0.15, 0.2) is 0 Å². The topological polar surface area (TPSA) is 45.4 Å². The van der Waals surface area contributed by atoms with E-state index in [1.165, 1.54) is 6.20 Å². The van der Waals surface area contributed by atoms with Gasteiger partial charge in [0.1, 0.15) is 17.8 Å². The summed E-state index contributed by atoms with van der Waals surface area (Å²) >= 11 is 12.0. The summed E-state index contributed by atoms with van der Waals surface area (Å²) < 4.78 is 30.2. The zero-order valence-electron chi connectivity index (χ0n) is 11.3. The molecule has 1 fully saturated rings. The van der Waals surface area contributed by atoms with Crippen LogP contribution < -0.4 is 9.80 Å². The van der Waals surface area contributed by atoms with Crippen molar-refractivity contribution in [3.63, 3.8) is 0 Å². The maximum absolute atomic E-state index is 12.5. The van der Waals surface area contributed by atoms with Gasteiger partial charge in [-0.2, -0.15) is 4.98 Å². The zero-order chi connectivity index (χ0) is 15.7. The lowest BCUT2D eigenvalue weighted by atomic mass is 10.3. The quantitative estimate of drug-likeness (QED) is 0.847. The minimum absolute atomic E-state index is 0.213. The third kappa shape index (κ3) is 3.10. The van der Waals surface area contributed by atoms with Crippen LogP contribution in [0.15, 0.2) is 22.9 Å². The number of nitrogens with zero attached hydrogens (tertiary/aromatic N) is 4. The van der Waals surface area contributed by atoms with Crippen LogP contribution in [0, 0.1) is 0 Å². The van der Waals surface area contributed by atoms with Crippen LogP contribution in [0.25, 0.3) is 0 Å². The van der Waals surface area contributed by atoms with Crippen molar-refractivity contribution in [2.75, 3.05) is 36.0 Å². The highest BCUT2D eigenvalue weighted by Gasteiger charge is 2.24. The Kier molecular flexibility index (Phi) is 4.35. The van der Waals surface area contributed by atoms with Gasteiger partial charge in [-0.05, 0) is 6.07 Å². The number of piperazine rings is 1. The fourth-order valence-electron chi connectivity index (χ4n) is 2.27. The third-order valence-electron chi connectivity index (χ3n) is 3.37. The highest BCUT2D eigenvalue weighted by molar-refractivity contribution is 6.36. The normalized spacial score (nSPS) is 15.7. The van der Waals surface area contributed by atoms with Crippen LogP contribution in [0.5, 0.6) is 0 Å². The molecule has 9 heteroatoms. The molecule has 3 heterocycles. The summed E-state index contributed by atoms with van der Waals surface area (Å²) in [5.41, 5.74) is -0.347. The molecule has 0 atom stereocenters. The molecule has 1 aliphatic rings. The molecule has 1 aliphatic heterocycles. The van der Waals surface area contributed by atoms with Gasteiger partial charge in [-0.3, -0.25) is 0 Å². The lowest BCUT2D eigenvalue weighted by Gasteiger charge is -2.34. The van der Waals surface area contributed by atoms with E-state index in [0.717, 1.165) is 6.26 Å². The lowest BCUT2D eigenvalue weighted by Crippen LogP contribution is -2.47. The highest BCUT2D eigenvalue weighted by Crippen LogP contribution is 2.28. The Bertz CT molecular complexity index is 659. The fourth-order valence-corrected chi connectivity index (χ4v) is 2.77. The average Bonchev–Trinajstić information content (AvgIpc) is 2.98. The fraction of sp³-hybridized carbons (Fsp3) is 0.385. The largest absolute Gasteiger partial charge is 0.432 e. The Morgan fingerprint density at radius 2 is 1.82 bits per heavy atom. The van der Waals surface area contributed by atoms with Crippen molar-refractivity contribution in [2.45, 2.75) is 6.43 Å². The van der Waals surface area contributed by atoms with Crippen molar-refractivity contribution in [1.82, 2.24) is 9.97 Å². The molecule has 118 valence electrons. The van der Waals surface area contributed by atoms with Crippen molar-refractivity contribution in [3.8, 4) is 0 Å². The second-order valence-electron chi connectivity index (χ2n) is 4.79.